The monoisotopic (exact) mass is 1310 g/mol. The fourth-order valence-electron chi connectivity index (χ4n) is 6.24. The van der Waals surface area contributed by atoms with Crippen molar-refractivity contribution in [3.8, 4) is 0 Å². The highest BCUT2D eigenvalue weighted by Gasteiger charge is 2.60. The lowest BCUT2D eigenvalue weighted by Crippen LogP contribution is -2.69. The fourth-order valence-corrected chi connectivity index (χ4v) is 10.6. The van der Waals surface area contributed by atoms with E-state index in [2.05, 4.69) is 41.8 Å². The van der Waals surface area contributed by atoms with Crippen LogP contribution in [0.2, 0.25) is 0 Å². The van der Waals surface area contributed by atoms with Gasteiger partial charge in [0, 0.05) is 7.11 Å². The Kier molecular flexibility index (Phi) is 22.3. The second-order valence-electron chi connectivity index (χ2n) is 13.4. The van der Waals surface area contributed by atoms with Gasteiger partial charge in [0.2, 0.25) is 104 Å². The predicted molar refractivity (Wildman–Crippen MR) is 192 cm³/mol. The maximum atomic E-state index is 12.4. The normalized spacial score (nSPS) is 32.5. The molecule has 0 saturated carbocycles. The van der Waals surface area contributed by atoms with E-state index in [1.807, 2.05) is 0 Å². The van der Waals surface area contributed by atoms with E-state index in [0.717, 1.165) is 0 Å². The summed E-state index contributed by atoms with van der Waals surface area (Å²) in [5, 5.41) is 0. The summed E-state index contributed by atoms with van der Waals surface area (Å²) in [5.74, 6) is 0. The summed E-state index contributed by atoms with van der Waals surface area (Å²) in [6, 6.07) is 0. The van der Waals surface area contributed by atoms with Gasteiger partial charge in [0.25, 0.3) is 0 Å². The Bertz CT molecular complexity index is 3150. The Morgan fingerprint density at radius 3 is 0.720 bits per heavy atom. The van der Waals surface area contributed by atoms with Crippen molar-refractivity contribution in [1.82, 2.24) is 0 Å². The van der Waals surface area contributed by atoms with Crippen LogP contribution in [-0.2, 0) is 174 Å². The summed E-state index contributed by atoms with van der Waals surface area (Å²) in [6.45, 7) is -6.53. The van der Waals surface area contributed by atoms with Gasteiger partial charge in [-0.05, 0) is 0 Å². The summed E-state index contributed by atoms with van der Waals surface area (Å²) in [5.41, 5.74) is 0. The standard InChI is InChI=1S/C19H34O46S10/c1-50-17-14(63-73(41,42)43)11(8(59-69(29,30)31)5(54-17)2-51-66(20,21)22)57-18-15(64-74(44,45)46)12(9(60-70(32,33)34)6(55-18)3-52-67(23,24)25)58-19-16(65-75(47,48)49)13(62-72(38,39)40)10(61-71(35,36)37)7(56-19)4-53-68(26,27)28/h5-19H,2-4H2,1H3,(H,20,21,22)(H,23,24,25)(H,26,27,28)(H,29,30,31)(H,32,33,34)(H,35,36,37)(H,38,39,40)(H,41,42,43)(H,44,45,46)(H,47,48,49)/p-10/t5-,6-,7-,8-,9-,10-,11+,12+,13+,14+,15+,16+,17+,18-,19-/m1/s1. The van der Waals surface area contributed by atoms with Crippen LogP contribution in [0.15, 0.2) is 0 Å². The van der Waals surface area contributed by atoms with Gasteiger partial charge in [-0.25, -0.2) is 84.2 Å². The molecular weight excluding hydrogens is 1280 g/mol. The minimum Gasteiger partial charge on any atom is -0.726 e. The first-order valence-electron chi connectivity index (χ1n) is 17.4. The SMILES string of the molecule is CO[C@H]1O[C@H](COS(=O)(=O)[O-])[C@@H](OS(=O)(=O)[O-])[C@H](O[C@H]2O[C@H](COS(=O)(=O)[O-])[C@@H](OS(=O)(=O)[O-])[C@H](O[C@H]3O[C@H](COS(=O)(=O)[O-])[C@@H](OS(=O)(=O)[O-])[C@H](OS(=O)(=O)[O-])[C@@H]3OS(=O)(=O)[O-])[C@@H]2OS(=O)(=O)[O-])[C@@H]1OS(=O)(=O)[O-]. The maximum absolute atomic E-state index is 12.4. The second-order valence-corrected chi connectivity index (χ2v) is 23.6. The molecule has 3 saturated heterocycles. The van der Waals surface area contributed by atoms with Crippen LogP contribution in [0.5, 0.6) is 0 Å². The van der Waals surface area contributed by atoms with Gasteiger partial charge >= 0.3 is 0 Å². The number of ether oxygens (including phenoxy) is 6. The summed E-state index contributed by atoms with van der Waals surface area (Å²) in [4.78, 5) is 0. The van der Waals surface area contributed by atoms with E-state index in [0.29, 0.717) is 7.11 Å². The van der Waals surface area contributed by atoms with Gasteiger partial charge in [-0.2, -0.15) is 0 Å². The molecule has 3 aliphatic heterocycles. The van der Waals surface area contributed by atoms with Crippen LogP contribution in [0, 0.1) is 0 Å². The average Bonchev–Trinajstić information content (AvgIpc) is 3.14. The smallest absolute Gasteiger partial charge is 0.218 e. The topological polar surface area (TPSA) is 720 Å². The molecule has 446 valence electrons. The lowest BCUT2D eigenvalue weighted by atomic mass is 9.96. The van der Waals surface area contributed by atoms with E-state index in [4.69, 9.17) is 28.4 Å². The van der Waals surface area contributed by atoms with Crippen molar-refractivity contribution >= 4 is 104 Å². The molecule has 0 aromatic rings. The molecule has 15 atom stereocenters. The van der Waals surface area contributed by atoms with E-state index >= 15 is 0 Å². The number of methoxy groups -OCH3 is 1. The molecule has 0 amide bonds. The molecule has 0 N–H and O–H groups in total. The van der Waals surface area contributed by atoms with Gasteiger partial charge in [-0.1, -0.05) is 0 Å². The molecule has 0 spiro atoms. The Morgan fingerprint density at radius 2 is 0.480 bits per heavy atom. The molecule has 3 rings (SSSR count). The number of rotatable bonds is 28. The van der Waals surface area contributed by atoms with Crippen molar-refractivity contribution in [1.29, 1.82) is 0 Å². The fraction of sp³-hybridized carbons (Fsp3) is 1.00. The lowest BCUT2D eigenvalue weighted by Gasteiger charge is -2.51. The summed E-state index contributed by atoms with van der Waals surface area (Å²) >= 11 is 0. The Labute approximate surface area is 420 Å². The molecule has 0 bridgehead atoms. The summed E-state index contributed by atoms with van der Waals surface area (Å²) in [7, 11) is -64.6. The van der Waals surface area contributed by atoms with Crippen molar-refractivity contribution in [3.63, 3.8) is 0 Å². The van der Waals surface area contributed by atoms with Crippen LogP contribution >= 0.6 is 0 Å². The van der Waals surface area contributed by atoms with Crippen molar-refractivity contribution in [2.45, 2.75) is 92.1 Å². The van der Waals surface area contributed by atoms with Crippen LogP contribution in [0.3, 0.4) is 0 Å². The molecule has 3 fully saturated rings. The highest BCUT2D eigenvalue weighted by atomic mass is 32.3. The molecule has 0 radical (unpaired) electrons. The zero-order valence-corrected chi connectivity index (χ0v) is 42.8. The van der Waals surface area contributed by atoms with Crippen LogP contribution in [0.1, 0.15) is 0 Å². The highest BCUT2D eigenvalue weighted by Crippen LogP contribution is 2.40. The molecular formula is C19H24O46S10-10. The van der Waals surface area contributed by atoms with E-state index in [1.165, 1.54) is 0 Å². The van der Waals surface area contributed by atoms with Gasteiger partial charge in [-0.3, -0.25) is 41.8 Å². The zero-order chi connectivity index (χ0) is 58.1. The molecule has 3 heterocycles. The van der Waals surface area contributed by atoms with Gasteiger partial charge < -0.3 is 73.9 Å². The van der Waals surface area contributed by atoms with E-state index in [-0.39, 0.29) is 0 Å². The Balaban J connectivity index is 2.58. The van der Waals surface area contributed by atoms with Gasteiger partial charge in [-0.15, -0.1) is 0 Å². The molecule has 56 heteroatoms. The highest BCUT2D eigenvalue weighted by molar-refractivity contribution is 7.82. The third kappa shape index (κ3) is 24.4. The molecule has 0 aromatic heterocycles. The van der Waals surface area contributed by atoms with Crippen molar-refractivity contribution in [3.05, 3.63) is 0 Å². The van der Waals surface area contributed by atoms with Crippen LogP contribution < -0.4 is 0 Å². The van der Waals surface area contributed by atoms with Crippen molar-refractivity contribution < 1.29 is 200 Å². The summed E-state index contributed by atoms with van der Waals surface area (Å²) < 4.78 is 425. The molecule has 46 nitrogen and oxygen atoms in total. The predicted octanol–water partition coefficient (Wildman–Crippen LogP) is -12.1. The van der Waals surface area contributed by atoms with Gasteiger partial charge in [0.15, 0.2) is 37.2 Å². The quantitative estimate of drug-likeness (QED) is 0.0518. The Morgan fingerprint density at radius 1 is 0.280 bits per heavy atom. The molecule has 0 unspecified atom stereocenters. The first-order valence-corrected chi connectivity index (χ1v) is 30.7. The first kappa shape index (κ1) is 67.7. The third-order valence-electron chi connectivity index (χ3n) is 8.32. The summed E-state index contributed by atoms with van der Waals surface area (Å²) in [6.07, 6.45) is -52.2. The first-order chi connectivity index (χ1) is 33.3. The largest absolute Gasteiger partial charge is 0.726 e. The van der Waals surface area contributed by atoms with Crippen molar-refractivity contribution in [2.24, 2.45) is 0 Å². The van der Waals surface area contributed by atoms with Crippen LogP contribution in [0.4, 0.5) is 0 Å². The number of hydrogen-bond donors (Lipinski definition) is 0. The van der Waals surface area contributed by atoms with E-state index < -0.39 is 216 Å². The van der Waals surface area contributed by atoms with Gasteiger partial charge in [0.05, 0.1) is 19.8 Å². The molecule has 3 aliphatic rings. The number of hydrogen-bond acceptors (Lipinski definition) is 46. The minimum atomic E-state index is -6.85. The average molecular weight is 1310 g/mol. The molecule has 75 heavy (non-hydrogen) atoms. The lowest BCUT2D eigenvalue weighted by molar-refractivity contribution is -0.369. The maximum Gasteiger partial charge on any atom is 0.218 e. The van der Waals surface area contributed by atoms with Gasteiger partial charge in [0.1, 0.15) is 54.9 Å². The molecule has 0 aliphatic carbocycles. The van der Waals surface area contributed by atoms with Crippen LogP contribution in [-0.4, -0.2) is 249 Å². The molecule has 0 aromatic carbocycles. The van der Waals surface area contributed by atoms with E-state index in [1.54, 1.807) is 0 Å². The van der Waals surface area contributed by atoms with E-state index in [9.17, 15) is 130 Å². The Hall–Kier alpha value is -1.54. The minimum absolute atomic E-state index is 0.426. The second kappa shape index (κ2) is 24.7. The van der Waals surface area contributed by atoms with Crippen molar-refractivity contribution in [2.75, 3.05) is 26.9 Å². The third-order valence-corrected chi connectivity index (χ3v) is 12.8. The zero-order valence-electron chi connectivity index (χ0n) is 34.6. The van der Waals surface area contributed by atoms with Crippen LogP contribution in [0.25, 0.3) is 0 Å².